The summed E-state index contributed by atoms with van der Waals surface area (Å²) in [5.74, 6) is -1.17. The number of rotatable bonds is 68. The van der Waals surface area contributed by atoms with E-state index in [2.05, 4.69) is 26.1 Å². The Labute approximate surface area is 538 Å². The van der Waals surface area contributed by atoms with Crippen molar-refractivity contribution < 1.29 is 49.3 Å². The fourth-order valence-electron chi connectivity index (χ4n) is 12.7. The third-order valence-electron chi connectivity index (χ3n) is 18.7. The number of aliphatic hydroxyl groups is 5. The first-order chi connectivity index (χ1) is 42.7. The molecule has 1 amide bonds. The maximum absolute atomic E-state index is 13.5. The van der Waals surface area contributed by atoms with Crippen LogP contribution in [0.2, 0.25) is 0 Å². The van der Waals surface area contributed by atoms with Gasteiger partial charge in [0.2, 0.25) is 5.91 Å². The first-order valence-corrected chi connectivity index (χ1v) is 38.5. The van der Waals surface area contributed by atoms with Gasteiger partial charge in [0.1, 0.15) is 24.4 Å². The zero-order valence-electron chi connectivity index (χ0n) is 57.7. The lowest BCUT2D eigenvalue weighted by Gasteiger charge is -2.41. The molecule has 0 aromatic rings. The molecular weight excluding hydrogens is 1090 g/mol. The molecule has 516 valence electrons. The van der Waals surface area contributed by atoms with Crippen LogP contribution in [0.3, 0.4) is 0 Å². The van der Waals surface area contributed by atoms with Crippen molar-refractivity contribution in [1.82, 2.24) is 5.32 Å². The van der Waals surface area contributed by atoms with Gasteiger partial charge < -0.3 is 45.1 Å². The average Bonchev–Trinajstić information content (AvgIpc) is 1.62. The Balaban J connectivity index is 2.50. The van der Waals surface area contributed by atoms with E-state index in [1.54, 1.807) is 6.08 Å². The molecule has 0 aromatic carbocycles. The van der Waals surface area contributed by atoms with Crippen molar-refractivity contribution in [3.05, 3.63) is 12.2 Å². The Bertz CT molecular complexity index is 1470. The molecule has 11 nitrogen and oxygen atoms in total. The van der Waals surface area contributed by atoms with Crippen LogP contribution >= 0.6 is 0 Å². The van der Waals surface area contributed by atoms with Crippen molar-refractivity contribution in [2.45, 2.75) is 449 Å². The van der Waals surface area contributed by atoms with Gasteiger partial charge in [0.15, 0.2) is 12.4 Å². The summed E-state index contributed by atoms with van der Waals surface area (Å²) in [6, 6.07) is -1.02. The number of ether oxygens (including phenoxy) is 3. The van der Waals surface area contributed by atoms with Gasteiger partial charge in [-0.15, -0.1) is 0 Å². The molecular formula is C76H147NO10. The van der Waals surface area contributed by atoms with Crippen molar-refractivity contribution in [1.29, 1.82) is 0 Å². The van der Waals surface area contributed by atoms with Crippen molar-refractivity contribution in [3.8, 4) is 0 Å². The molecule has 0 aromatic heterocycles. The molecule has 1 rings (SSSR count). The van der Waals surface area contributed by atoms with Crippen molar-refractivity contribution in [3.63, 3.8) is 0 Å². The molecule has 0 aliphatic carbocycles. The molecule has 11 heteroatoms. The van der Waals surface area contributed by atoms with Crippen molar-refractivity contribution >= 4 is 11.9 Å². The first-order valence-electron chi connectivity index (χ1n) is 38.5. The molecule has 0 radical (unpaired) electrons. The van der Waals surface area contributed by atoms with E-state index in [1.165, 1.54) is 295 Å². The minimum atomic E-state index is -1.61. The normalized spacial score (nSPS) is 18.2. The van der Waals surface area contributed by atoms with Crippen LogP contribution in [0, 0.1) is 0 Å². The minimum absolute atomic E-state index is 0.132. The van der Waals surface area contributed by atoms with Crippen LogP contribution in [0.1, 0.15) is 400 Å². The van der Waals surface area contributed by atoms with Gasteiger partial charge in [0.25, 0.3) is 0 Å². The Kier molecular flexibility index (Phi) is 61.8. The van der Waals surface area contributed by atoms with Crippen LogP contribution in [-0.4, -0.2) is 99.6 Å². The zero-order valence-corrected chi connectivity index (χ0v) is 57.7. The Hall–Kier alpha value is -1.60. The molecule has 1 saturated heterocycles. The topological polar surface area (TPSA) is 175 Å². The summed E-state index contributed by atoms with van der Waals surface area (Å²) < 4.78 is 17.8. The summed E-state index contributed by atoms with van der Waals surface area (Å²) >= 11 is 0. The summed E-state index contributed by atoms with van der Waals surface area (Å²) in [5, 5.41) is 57.4. The third kappa shape index (κ3) is 51.6. The quantitative estimate of drug-likeness (QED) is 0.0195. The van der Waals surface area contributed by atoms with Crippen molar-refractivity contribution in [2.75, 3.05) is 13.2 Å². The molecule has 87 heavy (non-hydrogen) atoms. The lowest BCUT2D eigenvalue weighted by Crippen LogP contribution is -2.61. The molecule has 1 fully saturated rings. The zero-order chi connectivity index (χ0) is 63.1. The van der Waals surface area contributed by atoms with Crippen molar-refractivity contribution in [2.24, 2.45) is 0 Å². The van der Waals surface area contributed by atoms with Gasteiger partial charge in [0.05, 0.1) is 25.4 Å². The van der Waals surface area contributed by atoms with Crippen LogP contribution in [0.5, 0.6) is 0 Å². The van der Waals surface area contributed by atoms with E-state index in [1.807, 2.05) is 6.08 Å². The fraction of sp³-hybridized carbons (Fsp3) is 0.947. The van der Waals surface area contributed by atoms with Gasteiger partial charge in [-0.1, -0.05) is 380 Å². The Morgan fingerprint density at radius 3 is 1.08 bits per heavy atom. The summed E-state index contributed by atoms with van der Waals surface area (Å²) in [5.41, 5.74) is 0. The summed E-state index contributed by atoms with van der Waals surface area (Å²) in [7, 11) is 0. The monoisotopic (exact) mass is 1230 g/mol. The predicted molar refractivity (Wildman–Crippen MR) is 366 cm³/mol. The first kappa shape index (κ1) is 83.4. The molecule has 1 aliphatic heterocycles. The van der Waals surface area contributed by atoms with E-state index < -0.39 is 67.4 Å². The Morgan fingerprint density at radius 2 is 0.747 bits per heavy atom. The number of amides is 1. The second-order valence-corrected chi connectivity index (χ2v) is 27.1. The van der Waals surface area contributed by atoms with Gasteiger partial charge in [-0.2, -0.15) is 0 Å². The second-order valence-electron chi connectivity index (χ2n) is 27.1. The highest BCUT2D eigenvalue weighted by Gasteiger charge is 2.47. The highest BCUT2D eigenvalue weighted by atomic mass is 16.7. The van der Waals surface area contributed by atoms with Crippen LogP contribution < -0.4 is 5.32 Å². The molecule has 8 unspecified atom stereocenters. The molecule has 1 aliphatic rings. The summed E-state index contributed by atoms with van der Waals surface area (Å²) in [4.78, 5) is 26.7. The van der Waals surface area contributed by atoms with Crippen LogP contribution in [0.25, 0.3) is 0 Å². The van der Waals surface area contributed by atoms with E-state index in [0.29, 0.717) is 19.3 Å². The lowest BCUT2D eigenvalue weighted by atomic mass is 9.99. The summed E-state index contributed by atoms with van der Waals surface area (Å²) in [6.07, 6.45) is 67.0. The smallest absolute Gasteiger partial charge is 0.306 e. The lowest BCUT2D eigenvalue weighted by molar-refractivity contribution is -0.305. The maximum Gasteiger partial charge on any atom is 0.306 e. The molecule has 6 N–H and O–H groups in total. The van der Waals surface area contributed by atoms with E-state index in [-0.39, 0.29) is 13.0 Å². The standard InChI is InChI=1S/C76H147NO10/c1-4-7-10-13-16-19-22-25-27-29-31-32-33-34-35-36-37-38-39-41-43-46-49-52-55-58-61-64-71(81)87-74-73(83)72(82)70(65-78)86-76(74)85-66-67(68(79)62-59-56-53-50-47-44-24-21-18-15-12-9-6-3)77-75(84)69(80)63-60-57-54-51-48-45-42-40-30-28-26-23-20-17-14-11-8-5-2/h59,62,67-70,72-74,76,78-80,82-83H,4-58,60-61,63-66H2,1-3H3,(H,77,84)/b62-59+. The van der Waals surface area contributed by atoms with Crippen LogP contribution in [0.4, 0.5) is 0 Å². The van der Waals surface area contributed by atoms with E-state index in [4.69, 9.17) is 14.2 Å². The SMILES string of the molecule is CCCCCCCCCCCCC/C=C/C(O)C(COC1OC(CO)C(O)C(O)C1OC(=O)CCCCCCCCCCCCCCCCCCCCCCCCCCCCC)NC(=O)C(O)CCCCCCCCCCCCCCCCCCCC. The number of carbonyl (C=O) groups excluding carboxylic acids is 2. The van der Waals surface area contributed by atoms with Gasteiger partial charge in [-0.05, 0) is 25.7 Å². The number of unbranched alkanes of at least 4 members (excludes halogenated alkanes) is 54. The summed E-state index contributed by atoms with van der Waals surface area (Å²) in [6.45, 7) is 5.88. The predicted octanol–water partition coefficient (Wildman–Crippen LogP) is 20.2. The molecule has 0 saturated carbocycles. The average molecular weight is 1240 g/mol. The highest BCUT2D eigenvalue weighted by Crippen LogP contribution is 2.27. The van der Waals surface area contributed by atoms with E-state index in [0.717, 1.165) is 57.8 Å². The highest BCUT2D eigenvalue weighted by molar-refractivity contribution is 5.80. The number of allylic oxidation sites excluding steroid dienone is 1. The largest absolute Gasteiger partial charge is 0.454 e. The van der Waals surface area contributed by atoms with Crippen LogP contribution in [-0.2, 0) is 23.8 Å². The number of hydrogen-bond acceptors (Lipinski definition) is 10. The third-order valence-corrected chi connectivity index (χ3v) is 18.7. The van der Waals surface area contributed by atoms with Gasteiger partial charge in [-0.25, -0.2) is 0 Å². The van der Waals surface area contributed by atoms with Crippen LogP contribution in [0.15, 0.2) is 12.2 Å². The number of esters is 1. The minimum Gasteiger partial charge on any atom is -0.454 e. The van der Waals surface area contributed by atoms with Gasteiger partial charge in [-0.3, -0.25) is 9.59 Å². The number of aliphatic hydroxyl groups excluding tert-OH is 5. The molecule has 0 bridgehead atoms. The van der Waals surface area contributed by atoms with E-state index >= 15 is 0 Å². The van der Waals surface area contributed by atoms with Gasteiger partial charge >= 0.3 is 5.97 Å². The number of carbonyl (C=O) groups is 2. The second kappa shape index (κ2) is 64.5. The van der Waals surface area contributed by atoms with Gasteiger partial charge in [0, 0.05) is 6.42 Å². The maximum atomic E-state index is 13.5. The number of nitrogens with one attached hydrogen (secondary N) is 1. The fourth-order valence-corrected chi connectivity index (χ4v) is 12.7. The molecule has 8 atom stereocenters. The van der Waals surface area contributed by atoms with E-state index in [9.17, 15) is 35.1 Å². The number of hydrogen-bond donors (Lipinski definition) is 6. The molecule has 1 heterocycles. The molecule has 0 spiro atoms. The Morgan fingerprint density at radius 1 is 0.437 bits per heavy atom.